The van der Waals surface area contributed by atoms with Crippen LogP contribution >= 0.6 is 0 Å². The number of terminal acetylenes is 1. The van der Waals surface area contributed by atoms with Crippen LogP contribution < -0.4 is 10.0 Å². The number of benzene rings is 1. The van der Waals surface area contributed by atoms with Gasteiger partial charge in [-0.3, -0.25) is 4.90 Å². The lowest BCUT2D eigenvalue weighted by molar-refractivity contribution is 0.251. The minimum atomic E-state index is -3.71. The largest absolute Gasteiger partial charge is 0.332 e. The summed E-state index contributed by atoms with van der Waals surface area (Å²) in [7, 11) is -3.71. The maximum absolute atomic E-state index is 12.7. The van der Waals surface area contributed by atoms with Crippen molar-refractivity contribution in [2.24, 2.45) is 0 Å². The molecule has 6 nitrogen and oxygen atoms in total. The van der Waals surface area contributed by atoms with Gasteiger partial charge >= 0.3 is 6.03 Å². The molecule has 1 saturated heterocycles. The van der Waals surface area contributed by atoms with E-state index in [1.807, 2.05) is 0 Å². The molecule has 2 amide bonds. The number of nitrogens with zero attached hydrogens (tertiary/aromatic N) is 1. The Morgan fingerprint density at radius 2 is 1.71 bits per heavy atom. The van der Waals surface area contributed by atoms with Gasteiger partial charge < -0.3 is 5.32 Å². The molecule has 0 spiro atoms. The molecule has 0 atom stereocenters. The Hall–Kier alpha value is -2.04. The van der Waals surface area contributed by atoms with E-state index in [2.05, 4.69) is 26.9 Å². The minimum Gasteiger partial charge on any atom is -0.307 e. The van der Waals surface area contributed by atoms with E-state index < -0.39 is 21.3 Å². The van der Waals surface area contributed by atoms with Gasteiger partial charge in [0.25, 0.3) is 0 Å². The quantitative estimate of drug-likeness (QED) is 0.759. The zero-order valence-corrected chi connectivity index (χ0v) is 16.9. The first-order valence-electron chi connectivity index (χ1n) is 10.1. The van der Waals surface area contributed by atoms with Crippen LogP contribution in [-0.2, 0) is 35.7 Å². The molecule has 0 saturated carbocycles. The molecule has 2 N–H and O–H groups in total. The number of carbonyl (C=O) groups excluding carboxylic acids is 1. The maximum Gasteiger partial charge on any atom is 0.332 e. The van der Waals surface area contributed by atoms with Gasteiger partial charge in [-0.25, -0.2) is 17.9 Å². The smallest absolute Gasteiger partial charge is 0.307 e. The SMILES string of the molecule is C#CCN1CCC(S(=O)(=O)NC(=O)Nc2c3c(cc4c2CCC4)CCC3)CC1. The van der Waals surface area contributed by atoms with E-state index in [-0.39, 0.29) is 0 Å². The fourth-order valence-corrected chi connectivity index (χ4v) is 6.13. The van der Waals surface area contributed by atoms with Gasteiger partial charge in [-0.1, -0.05) is 12.0 Å². The predicted molar refractivity (Wildman–Crippen MR) is 110 cm³/mol. The highest BCUT2D eigenvalue weighted by atomic mass is 32.2. The molecule has 7 heteroatoms. The summed E-state index contributed by atoms with van der Waals surface area (Å²) in [6, 6.07) is 1.65. The van der Waals surface area contributed by atoms with Crippen LogP contribution in [0, 0.1) is 12.3 Å². The highest BCUT2D eigenvalue weighted by Gasteiger charge is 2.32. The lowest BCUT2D eigenvalue weighted by atomic mass is 9.99. The molecule has 1 fully saturated rings. The van der Waals surface area contributed by atoms with E-state index in [0.717, 1.165) is 44.2 Å². The summed E-state index contributed by atoms with van der Waals surface area (Å²) in [6.07, 6.45) is 12.4. The number of amides is 2. The molecular weight excluding hydrogens is 374 g/mol. The van der Waals surface area contributed by atoms with Gasteiger partial charge in [0.2, 0.25) is 10.0 Å². The summed E-state index contributed by atoms with van der Waals surface area (Å²) in [6.45, 7) is 1.80. The van der Waals surface area contributed by atoms with E-state index in [1.165, 1.54) is 22.3 Å². The number of fused-ring (bicyclic) bond motifs is 2. The Bertz CT molecular complexity index is 893. The Balaban J connectivity index is 1.45. The van der Waals surface area contributed by atoms with Gasteiger partial charge in [0, 0.05) is 18.8 Å². The van der Waals surface area contributed by atoms with Crippen LogP contribution in [0.2, 0.25) is 0 Å². The molecular formula is C21H27N3O3S. The second kappa shape index (κ2) is 7.76. The molecule has 4 rings (SSSR count). The standard InChI is InChI=1S/C21H27N3O3S/c1-2-11-24-12-9-17(10-13-24)28(26,27)23-21(25)22-20-18-7-3-5-15(18)14-16-6-4-8-19(16)20/h1,14,17H,3-13H2,(H2,22,23,25). The lowest BCUT2D eigenvalue weighted by Gasteiger charge is -2.30. The van der Waals surface area contributed by atoms with E-state index in [1.54, 1.807) is 0 Å². The fraction of sp³-hybridized carbons (Fsp3) is 0.571. The average Bonchev–Trinajstić information content (AvgIpc) is 3.31. The topological polar surface area (TPSA) is 78.5 Å². The van der Waals surface area contributed by atoms with Gasteiger partial charge in [0.1, 0.15) is 0 Å². The molecule has 1 aliphatic heterocycles. The number of sulfonamides is 1. The monoisotopic (exact) mass is 401 g/mol. The Labute approximate surface area is 167 Å². The molecule has 0 unspecified atom stereocenters. The summed E-state index contributed by atoms with van der Waals surface area (Å²) in [5, 5.41) is 2.34. The van der Waals surface area contributed by atoms with Crippen molar-refractivity contribution in [2.75, 3.05) is 25.0 Å². The van der Waals surface area contributed by atoms with Crippen LogP contribution in [0.15, 0.2) is 6.07 Å². The molecule has 1 aromatic carbocycles. The Morgan fingerprint density at radius 3 is 2.29 bits per heavy atom. The summed E-state index contributed by atoms with van der Waals surface area (Å²) < 4.78 is 27.6. The first-order valence-corrected chi connectivity index (χ1v) is 11.7. The van der Waals surface area contributed by atoms with Crippen molar-refractivity contribution in [3.8, 4) is 12.3 Å². The van der Waals surface area contributed by atoms with Crippen molar-refractivity contribution < 1.29 is 13.2 Å². The normalized spacial score (nSPS) is 19.7. The van der Waals surface area contributed by atoms with Crippen molar-refractivity contribution in [3.05, 3.63) is 28.3 Å². The predicted octanol–water partition coefficient (Wildman–Crippen LogP) is 2.21. The summed E-state index contributed by atoms with van der Waals surface area (Å²) >= 11 is 0. The Morgan fingerprint density at radius 1 is 1.11 bits per heavy atom. The number of piperidine rings is 1. The third-order valence-electron chi connectivity index (χ3n) is 6.23. The number of hydrogen-bond donors (Lipinski definition) is 2. The molecule has 1 heterocycles. The van der Waals surface area contributed by atoms with E-state index in [4.69, 9.17) is 6.42 Å². The molecule has 3 aliphatic rings. The van der Waals surface area contributed by atoms with Crippen LogP contribution in [0.5, 0.6) is 0 Å². The molecule has 2 aliphatic carbocycles. The van der Waals surface area contributed by atoms with E-state index in [9.17, 15) is 13.2 Å². The van der Waals surface area contributed by atoms with Crippen molar-refractivity contribution in [3.63, 3.8) is 0 Å². The first-order chi connectivity index (χ1) is 13.5. The van der Waals surface area contributed by atoms with Crippen molar-refractivity contribution in [1.29, 1.82) is 0 Å². The fourth-order valence-electron chi connectivity index (χ4n) is 4.83. The number of urea groups is 1. The lowest BCUT2D eigenvalue weighted by Crippen LogP contribution is -2.46. The number of likely N-dealkylation sites (tertiary alicyclic amines) is 1. The first kappa shape index (κ1) is 19.3. The number of aryl methyl sites for hydroxylation is 2. The molecule has 150 valence electrons. The second-order valence-electron chi connectivity index (χ2n) is 8.01. The van der Waals surface area contributed by atoms with Crippen molar-refractivity contribution >= 4 is 21.7 Å². The third kappa shape index (κ3) is 3.76. The average molecular weight is 402 g/mol. The summed E-state index contributed by atoms with van der Waals surface area (Å²) in [4.78, 5) is 14.7. The number of rotatable bonds is 4. The number of nitrogens with one attached hydrogen (secondary N) is 2. The van der Waals surface area contributed by atoms with Gasteiger partial charge in [0.15, 0.2) is 0 Å². The summed E-state index contributed by atoms with van der Waals surface area (Å²) in [5.74, 6) is 2.59. The highest BCUT2D eigenvalue weighted by molar-refractivity contribution is 7.90. The van der Waals surface area contributed by atoms with Crippen LogP contribution in [-0.4, -0.2) is 44.2 Å². The Kier molecular flexibility index (Phi) is 5.35. The van der Waals surface area contributed by atoms with Gasteiger partial charge in [-0.05, 0) is 73.6 Å². The minimum absolute atomic E-state index is 0.487. The van der Waals surface area contributed by atoms with Crippen LogP contribution in [0.3, 0.4) is 0 Å². The molecule has 1 aromatic rings. The van der Waals surface area contributed by atoms with Gasteiger partial charge in [-0.15, -0.1) is 6.42 Å². The molecule has 0 aromatic heterocycles. The molecule has 0 radical (unpaired) electrons. The zero-order chi connectivity index (χ0) is 19.7. The molecule has 0 bridgehead atoms. The number of hydrogen-bond acceptors (Lipinski definition) is 4. The zero-order valence-electron chi connectivity index (χ0n) is 16.1. The summed E-state index contributed by atoms with van der Waals surface area (Å²) in [5.41, 5.74) is 5.85. The third-order valence-corrected chi connectivity index (χ3v) is 8.05. The number of anilines is 1. The van der Waals surface area contributed by atoms with Crippen LogP contribution in [0.4, 0.5) is 10.5 Å². The van der Waals surface area contributed by atoms with E-state index in [0.29, 0.717) is 32.5 Å². The van der Waals surface area contributed by atoms with Gasteiger partial charge in [-0.2, -0.15) is 0 Å². The number of carbonyl (C=O) groups is 1. The van der Waals surface area contributed by atoms with Crippen LogP contribution in [0.25, 0.3) is 0 Å². The highest BCUT2D eigenvalue weighted by Crippen LogP contribution is 2.38. The van der Waals surface area contributed by atoms with Crippen LogP contribution in [0.1, 0.15) is 47.9 Å². The van der Waals surface area contributed by atoms with Crippen molar-refractivity contribution in [2.45, 2.75) is 56.6 Å². The second-order valence-corrected chi connectivity index (χ2v) is 9.98. The van der Waals surface area contributed by atoms with Crippen molar-refractivity contribution in [1.82, 2.24) is 9.62 Å². The molecule has 28 heavy (non-hydrogen) atoms. The van der Waals surface area contributed by atoms with Gasteiger partial charge in [0.05, 0.1) is 11.8 Å². The maximum atomic E-state index is 12.7. The van der Waals surface area contributed by atoms with E-state index >= 15 is 0 Å².